The molecule has 1 heterocycles. The third-order valence-electron chi connectivity index (χ3n) is 4.69. The molecular formula is C19H21NO4. The van der Waals surface area contributed by atoms with Crippen LogP contribution in [0.1, 0.15) is 52.4 Å². The summed E-state index contributed by atoms with van der Waals surface area (Å²) in [7, 11) is 0. The minimum atomic E-state index is -1.02. The molecule has 2 atom stereocenters. The molecule has 2 N–H and O–H groups in total. The first kappa shape index (κ1) is 16.3. The topological polar surface area (TPSA) is 79.5 Å². The molecule has 24 heavy (non-hydrogen) atoms. The van der Waals surface area contributed by atoms with Crippen LogP contribution in [0, 0.1) is 6.92 Å². The zero-order chi connectivity index (χ0) is 17.1. The summed E-state index contributed by atoms with van der Waals surface area (Å²) in [5, 5.41) is 12.1. The van der Waals surface area contributed by atoms with Crippen LogP contribution in [0.4, 0.5) is 0 Å². The van der Waals surface area contributed by atoms with Gasteiger partial charge in [0.15, 0.2) is 5.76 Å². The van der Waals surface area contributed by atoms with Crippen molar-refractivity contribution in [3.05, 3.63) is 59.0 Å². The summed E-state index contributed by atoms with van der Waals surface area (Å²) >= 11 is 0. The Labute approximate surface area is 140 Å². The maximum absolute atomic E-state index is 12.3. The number of carbonyl (C=O) groups is 2. The number of hydrogen-bond donors (Lipinski definition) is 2. The minimum Gasteiger partial charge on any atom is -0.480 e. The van der Waals surface area contributed by atoms with Crippen LogP contribution in [0.15, 0.2) is 41.0 Å². The van der Waals surface area contributed by atoms with Crippen molar-refractivity contribution < 1.29 is 19.1 Å². The molecule has 1 amide bonds. The summed E-state index contributed by atoms with van der Waals surface area (Å²) in [4.78, 5) is 23.9. The van der Waals surface area contributed by atoms with E-state index in [1.54, 1.807) is 13.0 Å². The summed E-state index contributed by atoms with van der Waals surface area (Å²) in [5.74, 6) is -1.18. The highest BCUT2D eigenvalue weighted by molar-refractivity contribution is 5.95. The van der Waals surface area contributed by atoms with E-state index in [4.69, 9.17) is 4.42 Å². The van der Waals surface area contributed by atoms with Gasteiger partial charge in [-0.05, 0) is 55.7 Å². The number of amides is 1. The average molecular weight is 327 g/mol. The van der Waals surface area contributed by atoms with E-state index in [2.05, 4.69) is 17.4 Å². The van der Waals surface area contributed by atoms with Gasteiger partial charge in [-0.2, -0.15) is 0 Å². The highest BCUT2D eigenvalue weighted by Crippen LogP contribution is 2.34. The molecule has 5 nitrogen and oxygen atoms in total. The maximum Gasteiger partial charge on any atom is 0.326 e. The van der Waals surface area contributed by atoms with E-state index in [1.165, 1.54) is 17.4 Å². The molecule has 2 unspecified atom stereocenters. The number of carbonyl (C=O) groups excluding carboxylic acids is 1. The third kappa shape index (κ3) is 3.35. The fourth-order valence-corrected chi connectivity index (χ4v) is 3.43. The number of hydrogen-bond acceptors (Lipinski definition) is 3. The molecule has 0 saturated heterocycles. The Morgan fingerprint density at radius 3 is 2.83 bits per heavy atom. The average Bonchev–Trinajstić information content (AvgIpc) is 3.00. The van der Waals surface area contributed by atoms with Crippen molar-refractivity contribution in [2.75, 3.05) is 0 Å². The van der Waals surface area contributed by atoms with Crippen molar-refractivity contribution >= 4 is 11.9 Å². The van der Waals surface area contributed by atoms with Gasteiger partial charge in [0.05, 0.1) is 6.26 Å². The van der Waals surface area contributed by atoms with Gasteiger partial charge in [0.1, 0.15) is 6.04 Å². The number of nitrogens with one attached hydrogen (secondary N) is 1. The van der Waals surface area contributed by atoms with Crippen molar-refractivity contribution in [2.24, 2.45) is 0 Å². The Morgan fingerprint density at radius 1 is 1.33 bits per heavy atom. The van der Waals surface area contributed by atoms with Crippen LogP contribution < -0.4 is 5.32 Å². The van der Waals surface area contributed by atoms with Gasteiger partial charge in [0.25, 0.3) is 5.91 Å². The molecule has 2 aromatic rings. The molecule has 5 heteroatoms. The first-order valence-electron chi connectivity index (χ1n) is 8.22. The predicted octanol–water partition coefficient (Wildman–Crippen LogP) is 3.28. The SMILES string of the molecule is Cc1ccoc1C(=O)NC(CC1CCCc2ccccc21)C(=O)O. The molecule has 0 radical (unpaired) electrons. The first-order chi connectivity index (χ1) is 11.6. The number of aliphatic carboxylic acids is 1. The quantitative estimate of drug-likeness (QED) is 0.883. The van der Waals surface area contributed by atoms with Crippen LogP contribution in [0.5, 0.6) is 0 Å². The van der Waals surface area contributed by atoms with E-state index in [-0.39, 0.29) is 11.7 Å². The summed E-state index contributed by atoms with van der Waals surface area (Å²) in [5.41, 5.74) is 3.18. The predicted molar refractivity (Wildman–Crippen MR) is 89.1 cm³/mol. The maximum atomic E-state index is 12.3. The van der Waals surface area contributed by atoms with E-state index in [0.29, 0.717) is 12.0 Å². The van der Waals surface area contributed by atoms with Crippen molar-refractivity contribution in [2.45, 2.75) is 44.6 Å². The van der Waals surface area contributed by atoms with Crippen molar-refractivity contribution in [1.82, 2.24) is 5.32 Å². The van der Waals surface area contributed by atoms with Gasteiger partial charge in [0, 0.05) is 5.56 Å². The lowest BCUT2D eigenvalue weighted by molar-refractivity contribution is -0.139. The molecule has 0 spiro atoms. The zero-order valence-corrected chi connectivity index (χ0v) is 13.6. The number of benzene rings is 1. The lowest BCUT2D eigenvalue weighted by atomic mass is 9.79. The number of carboxylic acid groups (broad SMARTS) is 1. The van der Waals surface area contributed by atoms with E-state index < -0.39 is 17.9 Å². The Balaban J connectivity index is 1.75. The van der Waals surface area contributed by atoms with Crippen LogP contribution >= 0.6 is 0 Å². The molecule has 0 bridgehead atoms. The normalized spacial score (nSPS) is 17.8. The second-order valence-electron chi connectivity index (χ2n) is 6.32. The number of rotatable bonds is 5. The molecular weight excluding hydrogens is 306 g/mol. The fraction of sp³-hybridized carbons (Fsp3) is 0.368. The smallest absolute Gasteiger partial charge is 0.326 e. The largest absolute Gasteiger partial charge is 0.480 e. The summed E-state index contributed by atoms with van der Waals surface area (Å²) in [6.45, 7) is 1.76. The van der Waals surface area contributed by atoms with Crippen LogP contribution in [-0.4, -0.2) is 23.0 Å². The third-order valence-corrected chi connectivity index (χ3v) is 4.69. The van der Waals surface area contributed by atoms with Gasteiger partial charge in [-0.25, -0.2) is 4.79 Å². The zero-order valence-electron chi connectivity index (χ0n) is 13.6. The molecule has 0 fully saturated rings. The van der Waals surface area contributed by atoms with Gasteiger partial charge < -0.3 is 14.8 Å². The van der Waals surface area contributed by atoms with E-state index >= 15 is 0 Å². The second-order valence-corrected chi connectivity index (χ2v) is 6.32. The van der Waals surface area contributed by atoms with E-state index in [1.807, 2.05) is 12.1 Å². The van der Waals surface area contributed by atoms with Crippen LogP contribution in [-0.2, 0) is 11.2 Å². The lowest BCUT2D eigenvalue weighted by Gasteiger charge is -2.27. The van der Waals surface area contributed by atoms with Crippen molar-refractivity contribution in [3.8, 4) is 0 Å². The molecule has 1 aromatic carbocycles. The molecule has 1 aliphatic carbocycles. The van der Waals surface area contributed by atoms with Crippen LogP contribution in [0.25, 0.3) is 0 Å². The Bertz CT molecular complexity index is 749. The van der Waals surface area contributed by atoms with E-state index in [0.717, 1.165) is 19.3 Å². The Hall–Kier alpha value is -2.56. The molecule has 0 saturated carbocycles. The second kappa shape index (κ2) is 6.91. The first-order valence-corrected chi connectivity index (χ1v) is 8.22. The number of carboxylic acids is 1. The van der Waals surface area contributed by atoms with Gasteiger partial charge in [-0.1, -0.05) is 24.3 Å². The van der Waals surface area contributed by atoms with Gasteiger partial charge in [0.2, 0.25) is 0 Å². The number of fused-ring (bicyclic) bond motifs is 1. The monoisotopic (exact) mass is 327 g/mol. The number of furan rings is 1. The Morgan fingerprint density at radius 2 is 2.12 bits per heavy atom. The lowest BCUT2D eigenvalue weighted by Crippen LogP contribution is -2.42. The van der Waals surface area contributed by atoms with Crippen LogP contribution in [0.2, 0.25) is 0 Å². The fourth-order valence-electron chi connectivity index (χ4n) is 3.43. The van der Waals surface area contributed by atoms with E-state index in [9.17, 15) is 14.7 Å². The van der Waals surface area contributed by atoms with Gasteiger partial charge in [-0.3, -0.25) is 4.79 Å². The highest BCUT2D eigenvalue weighted by atomic mass is 16.4. The highest BCUT2D eigenvalue weighted by Gasteiger charge is 2.29. The minimum absolute atomic E-state index is 0.147. The summed E-state index contributed by atoms with van der Waals surface area (Å²) in [6.07, 6.45) is 4.83. The summed E-state index contributed by atoms with van der Waals surface area (Å²) in [6, 6.07) is 8.91. The number of aryl methyl sites for hydroxylation is 2. The summed E-state index contributed by atoms with van der Waals surface area (Å²) < 4.78 is 5.15. The van der Waals surface area contributed by atoms with Gasteiger partial charge >= 0.3 is 5.97 Å². The molecule has 1 aliphatic rings. The molecule has 0 aliphatic heterocycles. The van der Waals surface area contributed by atoms with Crippen LogP contribution in [0.3, 0.4) is 0 Å². The van der Waals surface area contributed by atoms with Crippen molar-refractivity contribution in [1.29, 1.82) is 0 Å². The molecule has 1 aromatic heterocycles. The molecule has 126 valence electrons. The van der Waals surface area contributed by atoms with Crippen molar-refractivity contribution in [3.63, 3.8) is 0 Å². The van der Waals surface area contributed by atoms with Gasteiger partial charge in [-0.15, -0.1) is 0 Å². The molecule has 3 rings (SSSR count). The Kier molecular flexibility index (Phi) is 4.69. The standard InChI is InChI=1S/C19H21NO4/c1-12-9-10-24-17(12)18(21)20-16(19(22)23)11-14-7-4-6-13-5-2-3-8-15(13)14/h2-3,5,8-10,14,16H,4,6-7,11H2,1H3,(H,20,21)(H,22,23).